The summed E-state index contributed by atoms with van der Waals surface area (Å²) < 4.78 is 15.1. The molecule has 18 heavy (non-hydrogen) atoms. The largest absolute Gasteiger partial charge is 0.497 e. The van der Waals surface area contributed by atoms with Crippen molar-refractivity contribution >= 4 is 5.97 Å². The summed E-state index contributed by atoms with van der Waals surface area (Å²) in [5.41, 5.74) is 1.10. The van der Waals surface area contributed by atoms with Crippen molar-refractivity contribution in [3.63, 3.8) is 0 Å². The van der Waals surface area contributed by atoms with Crippen LogP contribution in [0.25, 0.3) is 0 Å². The van der Waals surface area contributed by atoms with Gasteiger partial charge in [0.2, 0.25) is 0 Å². The van der Waals surface area contributed by atoms with Gasteiger partial charge >= 0.3 is 5.97 Å². The molecule has 1 unspecified atom stereocenters. The molecule has 0 radical (unpaired) electrons. The van der Waals surface area contributed by atoms with Gasteiger partial charge in [0.1, 0.15) is 11.5 Å². The van der Waals surface area contributed by atoms with E-state index in [9.17, 15) is 9.90 Å². The molecule has 0 aliphatic heterocycles. The van der Waals surface area contributed by atoms with Gasteiger partial charge in [-0.25, -0.2) is 4.79 Å². The molecule has 0 saturated heterocycles. The molecule has 1 aromatic rings. The average Bonchev–Trinajstić information content (AvgIpc) is 2.37. The predicted molar refractivity (Wildman–Crippen MR) is 65.9 cm³/mol. The van der Waals surface area contributed by atoms with Gasteiger partial charge in [0.05, 0.1) is 20.8 Å². The van der Waals surface area contributed by atoms with E-state index >= 15 is 0 Å². The standard InChI is InChI=1S/C13H18O5/c1-5-18-13(15)12(14)11-8(2)6-9(16-3)7-10(11)17-4/h6-7,12,14H,5H2,1-4H3. The number of ether oxygens (including phenoxy) is 3. The summed E-state index contributed by atoms with van der Waals surface area (Å²) in [6, 6.07) is 3.34. The van der Waals surface area contributed by atoms with Gasteiger partial charge in [0, 0.05) is 11.6 Å². The van der Waals surface area contributed by atoms with Crippen LogP contribution in [0.15, 0.2) is 12.1 Å². The highest BCUT2D eigenvalue weighted by Gasteiger charge is 2.25. The van der Waals surface area contributed by atoms with Gasteiger partial charge in [-0.15, -0.1) is 0 Å². The molecule has 0 heterocycles. The second-order valence-corrected chi connectivity index (χ2v) is 3.71. The lowest BCUT2D eigenvalue weighted by atomic mass is 10.0. The Hall–Kier alpha value is -1.75. The number of aliphatic hydroxyl groups excluding tert-OH is 1. The molecule has 0 amide bonds. The van der Waals surface area contributed by atoms with Crippen LogP contribution in [0.4, 0.5) is 0 Å². The Bertz CT molecular complexity index is 428. The third-order valence-electron chi connectivity index (χ3n) is 2.56. The number of rotatable bonds is 5. The van der Waals surface area contributed by atoms with E-state index in [1.165, 1.54) is 14.2 Å². The van der Waals surface area contributed by atoms with Crippen molar-refractivity contribution in [2.75, 3.05) is 20.8 Å². The third-order valence-corrected chi connectivity index (χ3v) is 2.56. The molecule has 0 saturated carbocycles. The van der Waals surface area contributed by atoms with E-state index in [1.54, 1.807) is 26.0 Å². The van der Waals surface area contributed by atoms with Crippen molar-refractivity contribution in [2.24, 2.45) is 0 Å². The Balaban J connectivity index is 3.18. The van der Waals surface area contributed by atoms with Crippen molar-refractivity contribution in [1.29, 1.82) is 0 Å². The Morgan fingerprint density at radius 3 is 2.50 bits per heavy atom. The maximum Gasteiger partial charge on any atom is 0.339 e. The Kier molecular flexibility index (Phi) is 4.97. The summed E-state index contributed by atoms with van der Waals surface area (Å²) in [7, 11) is 3.01. The number of aliphatic hydroxyl groups is 1. The number of esters is 1. The van der Waals surface area contributed by atoms with E-state index in [0.717, 1.165) is 0 Å². The summed E-state index contributed by atoms with van der Waals surface area (Å²) in [5.74, 6) is 0.306. The van der Waals surface area contributed by atoms with Crippen LogP contribution in [-0.4, -0.2) is 31.9 Å². The van der Waals surface area contributed by atoms with Crippen LogP contribution in [0.2, 0.25) is 0 Å². The number of benzene rings is 1. The number of aryl methyl sites for hydroxylation is 1. The van der Waals surface area contributed by atoms with Crippen LogP contribution in [0.1, 0.15) is 24.2 Å². The molecule has 1 atom stereocenters. The second kappa shape index (κ2) is 6.26. The molecule has 0 fully saturated rings. The quantitative estimate of drug-likeness (QED) is 0.809. The minimum atomic E-state index is -1.36. The van der Waals surface area contributed by atoms with Crippen molar-refractivity contribution in [3.8, 4) is 11.5 Å². The van der Waals surface area contributed by atoms with Crippen molar-refractivity contribution in [1.82, 2.24) is 0 Å². The highest BCUT2D eigenvalue weighted by Crippen LogP contribution is 2.33. The third kappa shape index (κ3) is 2.92. The van der Waals surface area contributed by atoms with E-state index in [0.29, 0.717) is 22.6 Å². The average molecular weight is 254 g/mol. The minimum absolute atomic E-state index is 0.216. The zero-order valence-corrected chi connectivity index (χ0v) is 11.0. The molecule has 0 aliphatic carbocycles. The van der Waals surface area contributed by atoms with E-state index in [4.69, 9.17) is 14.2 Å². The zero-order chi connectivity index (χ0) is 13.7. The first-order valence-electron chi connectivity index (χ1n) is 5.62. The molecule has 5 heteroatoms. The maximum absolute atomic E-state index is 11.6. The number of carbonyl (C=O) groups excluding carboxylic acids is 1. The molecule has 1 N–H and O–H groups in total. The molecule has 1 aromatic carbocycles. The lowest BCUT2D eigenvalue weighted by Gasteiger charge is -2.17. The summed E-state index contributed by atoms with van der Waals surface area (Å²) in [6.45, 7) is 3.67. The van der Waals surface area contributed by atoms with E-state index in [2.05, 4.69) is 0 Å². The van der Waals surface area contributed by atoms with Crippen molar-refractivity contribution in [2.45, 2.75) is 20.0 Å². The summed E-state index contributed by atoms with van der Waals surface area (Å²) in [5, 5.41) is 9.98. The molecule has 5 nitrogen and oxygen atoms in total. The van der Waals surface area contributed by atoms with Gasteiger partial charge in [-0.1, -0.05) is 0 Å². The van der Waals surface area contributed by atoms with E-state index < -0.39 is 12.1 Å². The van der Waals surface area contributed by atoms with Crippen LogP contribution in [0.5, 0.6) is 11.5 Å². The van der Waals surface area contributed by atoms with Crippen molar-refractivity contribution < 1.29 is 24.1 Å². The Labute approximate surface area is 106 Å². The first kappa shape index (κ1) is 14.3. The number of hydrogen-bond acceptors (Lipinski definition) is 5. The van der Waals surface area contributed by atoms with Gasteiger partial charge < -0.3 is 19.3 Å². The summed E-state index contributed by atoms with van der Waals surface area (Å²) in [6.07, 6.45) is -1.36. The van der Waals surface area contributed by atoms with Gasteiger partial charge in [-0.2, -0.15) is 0 Å². The zero-order valence-electron chi connectivity index (χ0n) is 11.0. The molecule has 0 aliphatic rings. The maximum atomic E-state index is 11.6. The highest BCUT2D eigenvalue weighted by atomic mass is 16.5. The molecule has 0 spiro atoms. The molecular weight excluding hydrogens is 236 g/mol. The highest BCUT2D eigenvalue weighted by molar-refractivity contribution is 5.78. The fourth-order valence-corrected chi connectivity index (χ4v) is 1.71. The van der Waals surface area contributed by atoms with Gasteiger partial charge in [-0.05, 0) is 25.5 Å². The topological polar surface area (TPSA) is 65.0 Å². The lowest BCUT2D eigenvalue weighted by Crippen LogP contribution is -2.17. The SMILES string of the molecule is CCOC(=O)C(O)c1c(C)cc(OC)cc1OC. The summed E-state index contributed by atoms with van der Waals surface area (Å²) >= 11 is 0. The smallest absolute Gasteiger partial charge is 0.339 e. The van der Waals surface area contributed by atoms with Crippen LogP contribution in [-0.2, 0) is 9.53 Å². The molecule has 0 bridgehead atoms. The van der Waals surface area contributed by atoms with Crippen LogP contribution < -0.4 is 9.47 Å². The lowest BCUT2D eigenvalue weighted by molar-refractivity contribution is -0.153. The molecule has 0 aromatic heterocycles. The van der Waals surface area contributed by atoms with Gasteiger partial charge in [-0.3, -0.25) is 0 Å². The summed E-state index contributed by atoms with van der Waals surface area (Å²) in [4.78, 5) is 11.6. The fourth-order valence-electron chi connectivity index (χ4n) is 1.71. The van der Waals surface area contributed by atoms with Crippen molar-refractivity contribution in [3.05, 3.63) is 23.3 Å². The second-order valence-electron chi connectivity index (χ2n) is 3.71. The van der Waals surface area contributed by atoms with E-state index in [-0.39, 0.29) is 6.61 Å². The fraction of sp³-hybridized carbons (Fsp3) is 0.462. The normalized spacial score (nSPS) is 11.8. The van der Waals surface area contributed by atoms with Gasteiger partial charge in [0.25, 0.3) is 0 Å². The van der Waals surface area contributed by atoms with Crippen LogP contribution in [0.3, 0.4) is 0 Å². The Morgan fingerprint density at radius 2 is 2.00 bits per heavy atom. The molecular formula is C13H18O5. The number of carbonyl (C=O) groups is 1. The van der Waals surface area contributed by atoms with Crippen LogP contribution in [0, 0.1) is 6.92 Å². The molecule has 1 rings (SSSR count). The predicted octanol–water partition coefficient (Wildman–Crippen LogP) is 1.61. The van der Waals surface area contributed by atoms with Crippen LogP contribution >= 0.6 is 0 Å². The monoisotopic (exact) mass is 254 g/mol. The van der Waals surface area contributed by atoms with E-state index in [1.807, 2.05) is 0 Å². The Morgan fingerprint density at radius 1 is 1.33 bits per heavy atom. The molecule has 100 valence electrons. The minimum Gasteiger partial charge on any atom is -0.497 e. The van der Waals surface area contributed by atoms with Gasteiger partial charge in [0.15, 0.2) is 6.10 Å². The number of methoxy groups -OCH3 is 2. The number of hydrogen-bond donors (Lipinski definition) is 1. The first-order chi connectivity index (χ1) is 8.54. The first-order valence-corrected chi connectivity index (χ1v) is 5.62.